The smallest absolute Gasteiger partial charge is 0.142 e. The van der Waals surface area contributed by atoms with Crippen molar-refractivity contribution in [1.82, 2.24) is 0 Å². The predicted octanol–water partition coefficient (Wildman–Crippen LogP) is 3.61. The lowest BCUT2D eigenvalue weighted by molar-refractivity contribution is -0.140. The standard InChI is InChI=1S/C19H32O3/c20-16-7-4-14(5-8-16)3-6-15-2-1-11-19(18(15)22)12-9-17(21)10-13-19/h14-17,20-21H,1-13H2. The van der Waals surface area contributed by atoms with Crippen LogP contribution in [0.3, 0.4) is 0 Å². The van der Waals surface area contributed by atoms with E-state index in [-0.39, 0.29) is 23.5 Å². The van der Waals surface area contributed by atoms with Crippen molar-refractivity contribution in [3.63, 3.8) is 0 Å². The molecule has 1 atom stereocenters. The van der Waals surface area contributed by atoms with Gasteiger partial charge in [0.1, 0.15) is 5.78 Å². The van der Waals surface area contributed by atoms with E-state index in [0.717, 1.165) is 76.5 Å². The van der Waals surface area contributed by atoms with Gasteiger partial charge in [-0.2, -0.15) is 0 Å². The molecule has 22 heavy (non-hydrogen) atoms. The van der Waals surface area contributed by atoms with Gasteiger partial charge in [0.25, 0.3) is 0 Å². The van der Waals surface area contributed by atoms with Crippen molar-refractivity contribution in [1.29, 1.82) is 0 Å². The first-order valence-electron chi connectivity index (χ1n) is 9.49. The summed E-state index contributed by atoms with van der Waals surface area (Å²) in [6.45, 7) is 0. The molecule has 0 saturated heterocycles. The fourth-order valence-corrected chi connectivity index (χ4v) is 5.17. The average molecular weight is 308 g/mol. The lowest BCUT2D eigenvalue weighted by atomic mass is 9.60. The van der Waals surface area contributed by atoms with Gasteiger partial charge in [-0.1, -0.05) is 6.42 Å². The molecule has 126 valence electrons. The molecule has 1 unspecified atom stereocenters. The molecular formula is C19H32O3. The van der Waals surface area contributed by atoms with Crippen LogP contribution in [0.4, 0.5) is 0 Å². The van der Waals surface area contributed by atoms with Crippen molar-refractivity contribution in [3.05, 3.63) is 0 Å². The van der Waals surface area contributed by atoms with Crippen LogP contribution in [0.25, 0.3) is 0 Å². The van der Waals surface area contributed by atoms with Gasteiger partial charge in [0.15, 0.2) is 0 Å². The zero-order valence-corrected chi connectivity index (χ0v) is 13.8. The summed E-state index contributed by atoms with van der Waals surface area (Å²) >= 11 is 0. The maximum Gasteiger partial charge on any atom is 0.142 e. The summed E-state index contributed by atoms with van der Waals surface area (Å²) in [5.74, 6) is 1.53. The molecule has 3 fully saturated rings. The Morgan fingerprint density at radius 2 is 1.45 bits per heavy atom. The molecule has 3 aliphatic carbocycles. The topological polar surface area (TPSA) is 57.5 Å². The van der Waals surface area contributed by atoms with Crippen LogP contribution in [-0.2, 0) is 4.79 Å². The summed E-state index contributed by atoms with van der Waals surface area (Å²) in [6, 6.07) is 0. The maximum atomic E-state index is 13.0. The number of hydrogen-bond acceptors (Lipinski definition) is 3. The maximum absolute atomic E-state index is 13.0. The minimum Gasteiger partial charge on any atom is -0.393 e. The van der Waals surface area contributed by atoms with Gasteiger partial charge in [-0.25, -0.2) is 0 Å². The van der Waals surface area contributed by atoms with Gasteiger partial charge in [-0.3, -0.25) is 4.79 Å². The molecule has 0 bridgehead atoms. The molecule has 0 radical (unpaired) electrons. The molecule has 0 aromatic heterocycles. The Balaban J connectivity index is 1.52. The van der Waals surface area contributed by atoms with Gasteiger partial charge in [0.2, 0.25) is 0 Å². The molecule has 0 amide bonds. The monoisotopic (exact) mass is 308 g/mol. The van der Waals surface area contributed by atoms with E-state index in [9.17, 15) is 15.0 Å². The predicted molar refractivity (Wildman–Crippen MR) is 86.5 cm³/mol. The Hall–Kier alpha value is -0.410. The first kappa shape index (κ1) is 16.4. The van der Waals surface area contributed by atoms with E-state index in [4.69, 9.17) is 0 Å². The second-order valence-corrected chi connectivity index (χ2v) is 8.22. The van der Waals surface area contributed by atoms with E-state index in [1.54, 1.807) is 0 Å². The molecule has 1 spiro atoms. The van der Waals surface area contributed by atoms with Gasteiger partial charge in [-0.15, -0.1) is 0 Å². The van der Waals surface area contributed by atoms with Crippen LogP contribution in [0.15, 0.2) is 0 Å². The number of carbonyl (C=O) groups is 1. The van der Waals surface area contributed by atoms with E-state index in [1.807, 2.05) is 0 Å². The van der Waals surface area contributed by atoms with Crippen LogP contribution in [0.5, 0.6) is 0 Å². The Morgan fingerprint density at radius 1 is 0.818 bits per heavy atom. The third-order valence-corrected chi connectivity index (χ3v) is 6.75. The third kappa shape index (κ3) is 3.56. The second-order valence-electron chi connectivity index (χ2n) is 8.22. The number of carbonyl (C=O) groups excluding carboxylic acids is 1. The van der Waals surface area contributed by atoms with Gasteiger partial charge in [0, 0.05) is 11.3 Å². The zero-order chi connectivity index (χ0) is 15.6. The first-order valence-corrected chi connectivity index (χ1v) is 9.49. The van der Waals surface area contributed by atoms with Crippen LogP contribution in [0, 0.1) is 17.3 Å². The molecule has 0 aliphatic heterocycles. The van der Waals surface area contributed by atoms with Crippen molar-refractivity contribution in [2.24, 2.45) is 17.3 Å². The minimum absolute atomic E-state index is 0.0785. The van der Waals surface area contributed by atoms with E-state index < -0.39 is 0 Å². The Kier molecular flexibility index (Phi) is 5.24. The highest BCUT2D eigenvalue weighted by atomic mass is 16.3. The molecule has 0 aromatic carbocycles. The van der Waals surface area contributed by atoms with Crippen LogP contribution in [-0.4, -0.2) is 28.2 Å². The molecule has 0 heterocycles. The first-order chi connectivity index (χ1) is 10.6. The van der Waals surface area contributed by atoms with Gasteiger partial charge >= 0.3 is 0 Å². The number of Topliss-reactive ketones (excluding diaryl/α,β-unsaturated/α-hetero) is 1. The highest BCUT2D eigenvalue weighted by Gasteiger charge is 2.46. The van der Waals surface area contributed by atoms with E-state index in [1.165, 1.54) is 12.8 Å². The Labute approximate surface area is 134 Å². The van der Waals surface area contributed by atoms with Crippen LogP contribution >= 0.6 is 0 Å². The molecule has 3 saturated carbocycles. The summed E-state index contributed by atoms with van der Waals surface area (Å²) in [6.07, 6.45) is 13.0. The van der Waals surface area contributed by atoms with Crippen molar-refractivity contribution >= 4 is 5.78 Å². The van der Waals surface area contributed by atoms with Gasteiger partial charge in [-0.05, 0) is 83.0 Å². The van der Waals surface area contributed by atoms with Gasteiger partial charge in [0.05, 0.1) is 12.2 Å². The fraction of sp³-hybridized carbons (Fsp3) is 0.947. The molecule has 2 N–H and O–H groups in total. The SMILES string of the molecule is O=C1C(CCC2CCC(O)CC2)CCCC12CCC(O)CC2. The highest BCUT2D eigenvalue weighted by Crippen LogP contribution is 2.48. The van der Waals surface area contributed by atoms with Crippen molar-refractivity contribution < 1.29 is 15.0 Å². The number of rotatable bonds is 3. The Bertz CT molecular complexity index is 376. The molecule has 0 aromatic rings. The van der Waals surface area contributed by atoms with E-state index in [0.29, 0.717) is 5.78 Å². The summed E-state index contributed by atoms with van der Waals surface area (Å²) in [4.78, 5) is 13.0. The quantitative estimate of drug-likeness (QED) is 0.837. The van der Waals surface area contributed by atoms with Crippen molar-refractivity contribution in [3.8, 4) is 0 Å². The number of ketones is 1. The average Bonchev–Trinajstić information content (AvgIpc) is 2.53. The summed E-state index contributed by atoms with van der Waals surface area (Å²) in [5, 5.41) is 19.3. The summed E-state index contributed by atoms with van der Waals surface area (Å²) in [7, 11) is 0. The highest BCUT2D eigenvalue weighted by molar-refractivity contribution is 5.87. The molecule has 3 rings (SSSR count). The normalized spacial score (nSPS) is 43.5. The summed E-state index contributed by atoms with van der Waals surface area (Å²) < 4.78 is 0. The number of aliphatic hydroxyl groups is 2. The lowest BCUT2D eigenvalue weighted by Crippen LogP contribution is -2.43. The van der Waals surface area contributed by atoms with Crippen molar-refractivity contribution in [2.75, 3.05) is 0 Å². The number of aliphatic hydroxyl groups excluding tert-OH is 2. The number of hydrogen-bond donors (Lipinski definition) is 2. The van der Waals surface area contributed by atoms with Gasteiger partial charge < -0.3 is 10.2 Å². The molecular weight excluding hydrogens is 276 g/mol. The fourth-order valence-electron chi connectivity index (χ4n) is 5.17. The van der Waals surface area contributed by atoms with E-state index >= 15 is 0 Å². The van der Waals surface area contributed by atoms with E-state index in [2.05, 4.69) is 0 Å². The lowest BCUT2D eigenvalue weighted by Gasteiger charge is -2.43. The minimum atomic E-state index is -0.174. The zero-order valence-electron chi connectivity index (χ0n) is 13.8. The van der Waals surface area contributed by atoms with Crippen LogP contribution < -0.4 is 0 Å². The van der Waals surface area contributed by atoms with Crippen molar-refractivity contribution in [2.45, 2.75) is 95.7 Å². The van der Waals surface area contributed by atoms with Crippen LogP contribution in [0.2, 0.25) is 0 Å². The summed E-state index contributed by atoms with van der Waals surface area (Å²) in [5.41, 5.74) is -0.0785. The molecule has 3 aliphatic rings. The largest absolute Gasteiger partial charge is 0.393 e. The van der Waals surface area contributed by atoms with Crippen LogP contribution in [0.1, 0.15) is 83.5 Å². The molecule has 3 nitrogen and oxygen atoms in total. The Morgan fingerprint density at radius 3 is 2.14 bits per heavy atom. The molecule has 3 heteroatoms. The third-order valence-electron chi connectivity index (χ3n) is 6.75. The second kappa shape index (κ2) is 7.00.